The summed E-state index contributed by atoms with van der Waals surface area (Å²) >= 11 is 0. The number of hydrogen-bond donors (Lipinski definition) is 0. The molecule has 1 saturated heterocycles. The Morgan fingerprint density at radius 3 is 2.55 bits per heavy atom. The van der Waals surface area contributed by atoms with Crippen LogP contribution in [0.25, 0.3) is 0 Å². The van der Waals surface area contributed by atoms with E-state index in [2.05, 4.69) is 6.92 Å². The molecule has 6 heteroatoms. The van der Waals surface area contributed by atoms with Gasteiger partial charge in [-0.15, -0.1) is 0 Å². The minimum Gasteiger partial charge on any atom is -0.380 e. The van der Waals surface area contributed by atoms with Crippen LogP contribution >= 0.6 is 0 Å². The molecule has 1 fully saturated rings. The molecule has 2 rings (SSSR count). The lowest BCUT2D eigenvalue weighted by Gasteiger charge is -2.35. The van der Waals surface area contributed by atoms with Gasteiger partial charge in [-0.3, -0.25) is 0 Å². The first-order valence-electron chi connectivity index (χ1n) is 6.52. The summed E-state index contributed by atoms with van der Waals surface area (Å²) in [6.45, 7) is 2.95. The molecule has 1 aromatic carbocycles. The molecule has 0 bridgehead atoms. The summed E-state index contributed by atoms with van der Waals surface area (Å²) in [5.41, 5.74) is 0.450. The number of methoxy groups -OCH3 is 1. The fourth-order valence-electron chi connectivity index (χ4n) is 2.38. The first kappa shape index (κ1) is 15.0. The summed E-state index contributed by atoms with van der Waals surface area (Å²) in [5.74, 6) is 0.354. The Morgan fingerprint density at radius 2 is 2.00 bits per heavy atom. The molecule has 0 aromatic heterocycles. The molecule has 1 aromatic rings. The highest BCUT2D eigenvalue weighted by molar-refractivity contribution is 7.89. The van der Waals surface area contributed by atoms with Crippen molar-refractivity contribution < 1.29 is 13.2 Å². The summed E-state index contributed by atoms with van der Waals surface area (Å²) in [7, 11) is -1.90. The van der Waals surface area contributed by atoms with Crippen molar-refractivity contribution in [1.29, 1.82) is 5.26 Å². The summed E-state index contributed by atoms with van der Waals surface area (Å²) < 4.78 is 31.9. The molecule has 20 heavy (non-hydrogen) atoms. The van der Waals surface area contributed by atoms with Crippen molar-refractivity contribution in [3.05, 3.63) is 29.8 Å². The maximum Gasteiger partial charge on any atom is 0.243 e. The van der Waals surface area contributed by atoms with Crippen LogP contribution in [0.4, 0.5) is 0 Å². The lowest BCUT2D eigenvalue weighted by atomic mass is 9.97. The summed E-state index contributed by atoms with van der Waals surface area (Å²) in [4.78, 5) is 0.223. The van der Waals surface area contributed by atoms with E-state index in [0.717, 1.165) is 6.42 Å². The smallest absolute Gasteiger partial charge is 0.243 e. The van der Waals surface area contributed by atoms with Gasteiger partial charge in [0.05, 0.1) is 22.6 Å². The maximum atomic E-state index is 12.5. The van der Waals surface area contributed by atoms with Gasteiger partial charge in [-0.2, -0.15) is 9.57 Å². The van der Waals surface area contributed by atoms with E-state index in [1.165, 1.54) is 28.6 Å². The van der Waals surface area contributed by atoms with E-state index in [9.17, 15) is 8.42 Å². The van der Waals surface area contributed by atoms with Crippen LogP contribution in [0.15, 0.2) is 29.2 Å². The zero-order chi connectivity index (χ0) is 14.8. The van der Waals surface area contributed by atoms with Crippen LogP contribution < -0.4 is 0 Å². The van der Waals surface area contributed by atoms with E-state index in [1.54, 1.807) is 7.11 Å². The molecule has 0 spiro atoms. The molecule has 1 aliphatic rings. The van der Waals surface area contributed by atoms with Crippen molar-refractivity contribution in [1.82, 2.24) is 4.31 Å². The van der Waals surface area contributed by atoms with Gasteiger partial charge in [-0.1, -0.05) is 6.92 Å². The molecule has 0 amide bonds. The number of ether oxygens (including phenoxy) is 1. The zero-order valence-electron chi connectivity index (χ0n) is 11.6. The Hall–Kier alpha value is -1.42. The third-order valence-corrected chi connectivity index (χ3v) is 5.66. The molecular weight excluding hydrogens is 276 g/mol. The Labute approximate surface area is 119 Å². The summed E-state index contributed by atoms with van der Waals surface area (Å²) in [6.07, 6.45) is 0.713. The van der Waals surface area contributed by atoms with Crippen LogP contribution in [0.1, 0.15) is 18.9 Å². The number of benzene rings is 1. The lowest BCUT2D eigenvalue weighted by Crippen LogP contribution is -2.46. The van der Waals surface area contributed by atoms with Crippen molar-refractivity contribution in [3.8, 4) is 6.07 Å². The Balaban J connectivity index is 2.23. The van der Waals surface area contributed by atoms with Crippen LogP contribution in [0, 0.1) is 17.2 Å². The largest absolute Gasteiger partial charge is 0.380 e. The Morgan fingerprint density at radius 1 is 1.35 bits per heavy atom. The number of nitriles is 1. The number of hydrogen-bond acceptors (Lipinski definition) is 4. The van der Waals surface area contributed by atoms with Gasteiger partial charge >= 0.3 is 0 Å². The molecule has 2 unspecified atom stereocenters. The van der Waals surface area contributed by atoms with Gasteiger partial charge in [-0.05, 0) is 36.6 Å². The predicted molar refractivity (Wildman–Crippen MR) is 74.5 cm³/mol. The molecule has 2 atom stereocenters. The fraction of sp³-hybridized carbons (Fsp3) is 0.500. The van der Waals surface area contributed by atoms with Crippen molar-refractivity contribution >= 4 is 10.0 Å². The van der Waals surface area contributed by atoms with Crippen molar-refractivity contribution in [2.45, 2.75) is 24.3 Å². The molecular formula is C14H18N2O3S. The van der Waals surface area contributed by atoms with Gasteiger partial charge in [0.1, 0.15) is 0 Å². The Bertz CT molecular complexity index is 604. The highest BCUT2D eigenvalue weighted by atomic mass is 32.2. The van der Waals surface area contributed by atoms with E-state index >= 15 is 0 Å². The van der Waals surface area contributed by atoms with E-state index < -0.39 is 10.0 Å². The second kappa shape index (κ2) is 5.92. The monoisotopic (exact) mass is 294 g/mol. The standard InChI is InChI=1S/C14H18N2O3S/c1-11-7-8-16(10-14(11)19-2)20(17,18)13-5-3-12(9-15)4-6-13/h3-6,11,14H,7-8,10H2,1-2H3. The summed E-state index contributed by atoms with van der Waals surface area (Å²) in [5, 5.41) is 8.75. The number of sulfonamides is 1. The predicted octanol–water partition coefficient (Wildman–Crippen LogP) is 1.60. The zero-order valence-corrected chi connectivity index (χ0v) is 12.4. The molecule has 1 heterocycles. The minimum absolute atomic E-state index is 0.0723. The third kappa shape index (κ3) is 2.85. The van der Waals surface area contributed by atoms with Gasteiger partial charge < -0.3 is 4.74 Å². The second-order valence-electron chi connectivity index (χ2n) is 5.04. The van der Waals surface area contributed by atoms with Gasteiger partial charge in [-0.25, -0.2) is 8.42 Å². The van der Waals surface area contributed by atoms with Crippen LogP contribution in [0.2, 0.25) is 0 Å². The molecule has 0 aliphatic carbocycles. The van der Waals surface area contributed by atoms with Crippen molar-refractivity contribution in [3.63, 3.8) is 0 Å². The number of rotatable bonds is 3. The van der Waals surface area contributed by atoms with E-state index in [0.29, 0.717) is 24.6 Å². The van der Waals surface area contributed by atoms with Gasteiger partial charge in [0.15, 0.2) is 0 Å². The average Bonchev–Trinajstić information content (AvgIpc) is 2.47. The second-order valence-corrected chi connectivity index (χ2v) is 6.98. The van der Waals surface area contributed by atoms with E-state index in [1.807, 2.05) is 6.07 Å². The minimum atomic E-state index is -3.51. The molecule has 0 radical (unpaired) electrons. The van der Waals surface area contributed by atoms with E-state index in [4.69, 9.17) is 10.00 Å². The van der Waals surface area contributed by atoms with Gasteiger partial charge in [0.25, 0.3) is 0 Å². The first-order chi connectivity index (χ1) is 9.48. The van der Waals surface area contributed by atoms with Crippen LogP contribution in [-0.2, 0) is 14.8 Å². The van der Waals surface area contributed by atoms with Crippen LogP contribution in [0.3, 0.4) is 0 Å². The highest BCUT2D eigenvalue weighted by Gasteiger charge is 2.33. The van der Waals surface area contributed by atoms with Crippen molar-refractivity contribution in [2.75, 3.05) is 20.2 Å². The summed E-state index contributed by atoms with van der Waals surface area (Å²) in [6, 6.07) is 7.98. The topological polar surface area (TPSA) is 70.4 Å². The molecule has 0 saturated carbocycles. The average molecular weight is 294 g/mol. The molecule has 108 valence electrons. The van der Waals surface area contributed by atoms with Gasteiger partial charge in [0, 0.05) is 20.2 Å². The normalized spacial score (nSPS) is 24.2. The van der Waals surface area contributed by atoms with Crippen LogP contribution in [0.5, 0.6) is 0 Å². The quantitative estimate of drug-likeness (QED) is 0.849. The third-order valence-electron chi connectivity index (χ3n) is 3.78. The van der Waals surface area contributed by atoms with Crippen molar-refractivity contribution in [2.24, 2.45) is 5.92 Å². The number of nitrogens with zero attached hydrogens (tertiary/aromatic N) is 2. The highest BCUT2D eigenvalue weighted by Crippen LogP contribution is 2.25. The van der Waals surface area contributed by atoms with E-state index in [-0.39, 0.29) is 11.0 Å². The van der Waals surface area contributed by atoms with Crippen LogP contribution in [-0.4, -0.2) is 39.0 Å². The maximum absolute atomic E-state index is 12.5. The molecule has 0 N–H and O–H groups in total. The van der Waals surface area contributed by atoms with Gasteiger partial charge in [0.2, 0.25) is 10.0 Å². The molecule has 5 nitrogen and oxygen atoms in total. The fourth-order valence-corrected chi connectivity index (χ4v) is 3.85. The number of piperidine rings is 1. The lowest BCUT2D eigenvalue weighted by molar-refractivity contribution is 0.0184. The first-order valence-corrected chi connectivity index (χ1v) is 7.96. The molecule has 1 aliphatic heterocycles. The SMILES string of the molecule is COC1CN(S(=O)(=O)c2ccc(C#N)cc2)CCC1C. The Kier molecular flexibility index (Phi) is 4.43.